The Morgan fingerprint density at radius 2 is 1.84 bits per heavy atom. The molecular formula is C25H28N4O2. The molecule has 3 aromatic rings. The SMILES string of the molecule is COCCNC(=O)/C(C#N)=C(\C)c1ccc(-c2ccc3cc(N(C)C)ccc3c2)n1C. The van der Waals surface area contributed by atoms with Crippen LogP contribution in [-0.2, 0) is 16.6 Å². The number of aromatic nitrogens is 1. The third kappa shape index (κ3) is 4.62. The second-order valence-corrected chi connectivity index (χ2v) is 7.66. The van der Waals surface area contributed by atoms with E-state index in [0.717, 1.165) is 28.0 Å². The van der Waals surface area contributed by atoms with Gasteiger partial charge in [0.25, 0.3) is 5.91 Å². The molecule has 1 amide bonds. The first-order valence-corrected chi connectivity index (χ1v) is 10.1. The first-order valence-electron chi connectivity index (χ1n) is 10.1. The number of methoxy groups -OCH3 is 1. The van der Waals surface area contributed by atoms with Gasteiger partial charge in [-0.05, 0) is 59.2 Å². The molecule has 3 rings (SSSR count). The number of rotatable bonds is 7. The number of ether oxygens (including phenoxy) is 1. The Kier molecular flexibility index (Phi) is 6.78. The summed E-state index contributed by atoms with van der Waals surface area (Å²) in [7, 11) is 7.58. The van der Waals surface area contributed by atoms with E-state index in [9.17, 15) is 10.1 Å². The van der Waals surface area contributed by atoms with Gasteiger partial charge < -0.3 is 19.5 Å². The lowest BCUT2D eigenvalue weighted by Crippen LogP contribution is -2.28. The van der Waals surface area contributed by atoms with Crippen molar-refractivity contribution in [2.75, 3.05) is 39.3 Å². The second kappa shape index (κ2) is 9.50. The molecule has 6 heteroatoms. The molecule has 0 aliphatic rings. The average Bonchev–Trinajstić information content (AvgIpc) is 3.14. The van der Waals surface area contributed by atoms with Crippen LogP contribution in [0, 0.1) is 11.3 Å². The van der Waals surface area contributed by atoms with E-state index in [1.165, 1.54) is 5.39 Å². The average molecular weight is 417 g/mol. The van der Waals surface area contributed by atoms with Crippen LogP contribution >= 0.6 is 0 Å². The quantitative estimate of drug-likeness (QED) is 0.359. The smallest absolute Gasteiger partial charge is 0.262 e. The number of allylic oxidation sites excluding steroid dienone is 1. The van der Waals surface area contributed by atoms with E-state index in [2.05, 4.69) is 52.7 Å². The summed E-state index contributed by atoms with van der Waals surface area (Å²) < 4.78 is 6.97. The zero-order valence-electron chi connectivity index (χ0n) is 18.7. The summed E-state index contributed by atoms with van der Waals surface area (Å²) in [5, 5.41) is 14.6. The fourth-order valence-electron chi connectivity index (χ4n) is 3.64. The van der Waals surface area contributed by atoms with Crippen LogP contribution in [0.1, 0.15) is 12.6 Å². The van der Waals surface area contributed by atoms with Gasteiger partial charge in [-0.25, -0.2) is 0 Å². The van der Waals surface area contributed by atoms with Crippen LogP contribution in [0.25, 0.3) is 27.6 Å². The van der Waals surface area contributed by atoms with Gasteiger partial charge in [-0.15, -0.1) is 0 Å². The Hall–Kier alpha value is -3.56. The summed E-state index contributed by atoms with van der Waals surface area (Å²) in [6.45, 7) is 2.56. The molecule has 1 heterocycles. The minimum Gasteiger partial charge on any atom is -0.383 e. The van der Waals surface area contributed by atoms with Crippen LogP contribution in [0.4, 0.5) is 5.69 Å². The molecule has 0 aliphatic heterocycles. The summed E-state index contributed by atoms with van der Waals surface area (Å²) in [4.78, 5) is 14.5. The Balaban J connectivity index is 1.96. The lowest BCUT2D eigenvalue weighted by atomic mass is 10.0. The van der Waals surface area contributed by atoms with E-state index >= 15 is 0 Å². The van der Waals surface area contributed by atoms with Crippen LogP contribution in [0.3, 0.4) is 0 Å². The van der Waals surface area contributed by atoms with Crippen molar-refractivity contribution in [1.29, 1.82) is 5.26 Å². The number of hydrogen-bond acceptors (Lipinski definition) is 4. The monoisotopic (exact) mass is 416 g/mol. The van der Waals surface area contributed by atoms with Gasteiger partial charge in [0.2, 0.25) is 0 Å². The number of carbonyl (C=O) groups is 1. The van der Waals surface area contributed by atoms with E-state index in [1.54, 1.807) is 14.0 Å². The maximum atomic E-state index is 12.4. The number of carbonyl (C=O) groups excluding carboxylic acids is 1. The van der Waals surface area contributed by atoms with E-state index < -0.39 is 0 Å². The Morgan fingerprint density at radius 3 is 2.52 bits per heavy atom. The van der Waals surface area contributed by atoms with Crippen molar-refractivity contribution in [2.45, 2.75) is 6.92 Å². The molecule has 1 aromatic heterocycles. The number of anilines is 1. The summed E-state index contributed by atoms with van der Waals surface area (Å²) in [6, 6.07) is 18.8. The van der Waals surface area contributed by atoms with E-state index in [4.69, 9.17) is 4.74 Å². The maximum absolute atomic E-state index is 12.4. The van der Waals surface area contributed by atoms with Crippen molar-refractivity contribution < 1.29 is 9.53 Å². The van der Waals surface area contributed by atoms with E-state index in [1.807, 2.05) is 37.8 Å². The molecule has 160 valence electrons. The molecule has 2 aromatic carbocycles. The number of nitrogens with zero attached hydrogens (tertiary/aromatic N) is 3. The summed E-state index contributed by atoms with van der Waals surface area (Å²) >= 11 is 0. The molecule has 6 nitrogen and oxygen atoms in total. The van der Waals surface area contributed by atoms with Crippen LogP contribution in [0.15, 0.2) is 54.1 Å². The third-order valence-electron chi connectivity index (χ3n) is 5.45. The van der Waals surface area contributed by atoms with Crippen molar-refractivity contribution in [3.05, 3.63) is 59.8 Å². The van der Waals surface area contributed by atoms with E-state index in [-0.39, 0.29) is 11.5 Å². The van der Waals surface area contributed by atoms with Gasteiger partial charge in [-0.2, -0.15) is 5.26 Å². The lowest BCUT2D eigenvalue weighted by Gasteiger charge is -2.14. The fraction of sp³-hybridized carbons (Fsp3) is 0.280. The number of nitriles is 1. The first-order chi connectivity index (χ1) is 14.9. The van der Waals surface area contributed by atoms with Crippen molar-refractivity contribution in [1.82, 2.24) is 9.88 Å². The molecule has 0 bridgehead atoms. The fourth-order valence-corrected chi connectivity index (χ4v) is 3.64. The Labute approximate surface area is 183 Å². The van der Waals surface area contributed by atoms with E-state index in [0.29, 0.717) is 18.7 Å². The molecule has 31 heavy (non-hydrogen) atoms. The zero-order valence-corrected chi connectivity index (χ0v) is 18.7. The van der Waals surface area contributed by atoms with Gasteiger partial charge in [0.05, 0.1) is 6.61 Å². The topological polar surface area (TPSA) is 70.3 Å². The van der Waals surface area contributed by atoms with Gasteiger partial charge in [-0.1, -0.05) is 18.2 Å². The normalized spacial score (nSPS) is 11.7. The largest absolute Gasteiger partial charge is 0.383 e. The number of hydrogen-bond donors (Lipinski definition) is 1. The van der Waals surface area contributed by atoms with Crippen molar-refractivity contribution >= 4 is 27.9 Å². The maximum Gasteiger partial charge on any atom is 0.262 e. The highest BCUT2D eigenvalue weighted by Crippen LogP contribution is 2.30. The van der Waals surface area contributed by atoms with Crippen LogP contribution in [0.2, 0.25) is 0 Å². The minimum atomic E-state index is -0.387. The highest BCUT2D eigenvalue weighted by molar-refractivity contribution is 6.04. The van der Waals surface area contributed by atoms with Gasteiger partial charge in [0.1, 0.15) is 11.6 Å². The molecule has 0 aliphatic carbocycles. The second-order valence-electron chi connectivity index (χ2n) is 7.66. The molecule has 1 N–H and O–H groups in total. The summed E-state index contributed by atoms with van der Waals surface area (Å²) in [5.41, 5.74) is 4.84. The minimum absolute atomic E-state index is 0.110. The lowest BCUT2D eigenvalue weighted by molar-refractivity contribution is -0.117. The number of amides is 1. The summed E-state index contributed by atoms with van der Waals surface area (Å²) in [5.74, 6) is -0.387. The number of fused-ring (bicyclic) bond motifs is 1. The Morgan fingerprint density at radius 1 is 1.13 bits per heavy atom. The van der Waals surface area contributed by atoms with Gasteiger partial charge in [0, 0.05) is 51.9 Å². The molecule has 0 radical (unpaired) electrons. The van der Waals surface area contributed by atoms with Gasteiger partial charge >= 0.3 is 0 Å². The molecule has 0 spiro atoms. The molecule has 0 unspecified atom stereocenters. The van der Waals surface area contributed by atoms with Crippen molar-refractivity contribution in [2.24, 2.45) is 7.05 Å². The predicted molar refractivity (Wildman–Crippen MR) is 126 cm³/mol. The van der Waals surface area contributed by atoms with Crippen molar-refractivity contribution in [3.63, 3.8) is 0 Å². The van der Waals surface area contributed by atoms with Crippen LogP contribution in [-0.4, -0.2) is 44.8 Å². The van der Waals surface area contributed by atoms with Gasteiger partial charge in [0.15, 0.2) is 0 Å². The molecular weight excluding hydrogens is 388 g/mol. The number of nitrogens with one attached hydrogen (secondary N) is 1. The molecule has 0 saturated carbocycles. The molecule has 0 saturated heterocycles. The van der Waals surface area contributed by atoms with Crippen LogP contribution in [0.5, 0.6) is 0 Å². The van der Waals surface area contributed by atoms with Crippen LogP contribution < -0.4 is 10.2 Å². The molecule has 0 fully saturated rings. The third-order valence-corrected chi connectivity index (χ3v) is 5.45. The highest BCUT2D eigenvalue weighted by Gasteiger charge is 2.17. The zero-order chi connectivity index (χ0) is 22.5. The van der Waals surface area contributed by atoms with Crippen molar-refractivity contribution in [3.8, 4) is 17.3 Å². The predicted octanol–water partition coefficient (Wildman–Crippen LogP) is 3.97. The van der Waals surface area contributed by atoms with Gasteiger partial charge in [-0.3, -0.25) is 4.79 Å². The molecule has 0 atom stereocenters. The first kappa shape index (κ1) is 22.1. The number of benzene rings is 2. The standard InChI is InChI=1S/C25H28N4O2/c1-17(22(16-26)25(30)27-12-13-31-5)23-10-11-24(29(23)4)20-7-6-19-15-21(28(2)3)9-8-18(19)14-20/h6-11,14-15H,12-13H2,1-5H3,(H,27,30)/b22-17+. The highest BCUT2D eigenvalue weighted by atomic mass is 16.5. The summed E-state index contributed by atoms with van der Waals surface area (Å²) in [6.07, 6.45) is 0. The Bertz CT molecular complexity index is 1180.